The van der Waals surface area contributed by atoms with Crippen LogP contribution in [0.25, 0.3) is 0 Å². The molecule has 3 N–H and O–H groups in total. The Kier molecular flexibility index (Phi) is 5.94. The van der Waals surface area contributed by atoms with E-state index in [4.69, 9.17) is 15.6 Å². The van der Waals surface area contributed by atoms with Crippen molar-refractivity contribution in [2.45, 2.75) is 31.7 Å². The Morgan fingerprint density at radius 3 is 2.87 bits per heavy atom. The van der Waals surface area contributed by atoms with Gasteiger partial charge in [0.2, 0.25) is 5.88 Å². The molecule has 0 radical (unpaired) electrons. The summed E-state index contributed by atoms with van der Waals surface area (Å²) in [5.41, 5.74) is 1.81. The number of hydrogen-bond donors (Lipinski definition) is 3. The summed E-state index contributed by atoms with van der Waals surface area (Å²) < 4.78 is 5.88. The summed E-state index contributed by atoms with van der Waals surface area (Å²) in [6.45, 7) is 4.24. The van der Waals surface area contributed by atoms with Crippen LogP contribution in [-0.2, 0) is 0 Å². The van der Waals surface area contributed by atoms with Gasteiger partial charge in [-0.05, 0) is 50.6 Å². The molecule has 0 unspecified atom stereocenters. The van der Waals surface area contributed by atoms with Crippen molar-refractivity contribution < 1.29 is 9.53 Å². The highest BCUT2D eigenvalue weighted by molar-refractivity contribution is 6.06. The van der Waals surface area contributed by atoms with Gasteiger partial charge >= 0.3 is 0 Å². The zero-order valence-electron chi connectivity index (χ0n) is 17.8. The molecule has 1 amide bonds. The number of amides is 1. The summed E-state index contributed by atoms with van der Waals surface area (Å²) in [5.74, 6) is 0.782. The maximum absolute atomic E-state index is 13.1. The van der Waals surface area contributed by atoms with E-state index in [-0.39, 0.29) is 17.8 Å². The number of nitrogens with zero attached hydrogens (tertiary/aromatic N) is 4. The zero-order valence-corrected chi connectivity index (χ0v) is 17.8. The van der Waals surface area contributed by atoms with E-state index in [1.54, 1.807) is 29.3 Å². The Hall–Kier alpha value is -3.33. The smallest absolute Gasteiger partial charge is 0.262 e. The van der Waals surface area contributed by atoms with Gasteiger partial charge in [0.1, 0.15) is 17.1 Å². The molecule has 2 aromatic heterocycles. The van der Waals surface area contributed by atoms with Gasteiger partial charge in [0.25, 0.3) is 5.91 Å². The molecule has 2 aliphatic rings. The quantitative estimate of drug-likeness (QED) is 0.507. The largest absolute Gasteiger partial charge is 0.477 e. The first kappa shape index (κ1) is 20.9. The average Bonchev–Trinajstić information content (AvgIpc) is 2.74. The lowest BCUT2D eigenvalue weighted by Gasteiger charge is -2.36. The van der Waals surface area contributed by atoms with Crippen LogP contribution in [0.2, 0.25) is 0 Å². The molecular weight excluding hydrogens is 394 g/mol. The standard InChI is InChI=1S/C22H27N7O2/c1-14-5-4-8-31-22-17(9-15(10-25-22)16-11-28(2)12-16)21(30)27-19-7-3-6-18(26-19)20(24)29(14)13-23/h3,6-7,9-10,13-14,16,23-24H,4-5,8,11-12H2,1-2H3,(H,26,27,30)/t14-/m0/s1. The Bertz CT molecular complexity index is 1000. The van der Waals surface area contributed by atoms with Crippen molar-refractivity contribution in [1.29, 1.82) is 10.8 Å². The van der Waals surface area contributed by atoms with Gasteiger partial charge in [-0.1, -0.05) is 6.07 Å². The molecular formula is C22H27N7O2. The number of likely N-dealkylation sites (N-methyl/N-ethyl adjacent to an activating group) is 1. The Morgan fingerprint density at radius 2 is 2.13 bits per heavy atom. The molecule has 2 bridgehead atoms. The molecule has 1 fully saturated rings. The predicted molar refractivity (Wildman–Crippen MR) is 118 cm³/mol. The molecule has 0 aromatic carbocycles. The molecule has 0 spiro atoms. The second-order valence-electron chi connectivity index (χ2n) is 8.13. The van der Waals surface area contributed by atoms with E-state index in [0.29, 0.717) is 48.3 Å². The number of hydrogen-bond acceptors (Lipinski definition) is 7. The van der Waals surface area contributed by atoms with Gasteiger partial charge in [-0.3, -0.25) is 15.6 Å². The highest BCUT2D eigenvalue weighted by Crippen LogP contribution is 2.29. The molecule has 1 atom stereocenters. The molecule has 31 heavy (non-hydrogen) atoms. The summed E-state index contributed by atoms with van der Waals surface area (Å²) in [5, 5.41) is 19.0. The van der Waals surface area contributed by atoms with Crippen LogP contribution in [0.1, 0.15) is 47.3 Å². The number of nitrogens with one attached hydrogen (secondary N) is 3. The van der Waals surface area contributed by atoms with Crippen LogP contribution in [0.5, 0.6) is 5.88 Å². The van der Waals surface area contributed by atoms with Crippen LogP contribution in [-0.4, -0.2) is 70.6 Å². The number of aromatic nitrogens is 2. The molecule has 4 rings (SSSR count). The number of ether oxygens (including phenoxy) is 1. The van der Waals surface area contributed by atoms with Crippen LogP contribution in [0.15, 0.2) is 30.5 Å². The highest BCUT2D eigenvalue weighted by Gasteiger charge is 2.27. The Balaban J connectivity index is 1.68. The summed E-state index contributed by atoms with van der Waals surface area (Å²) >= 11 is 0. The number of carbonyl (C=O) groups is 1. The first-order chi connectivity index (χ1) is 15.0. The van der Waals surface area contributed by atoms with Crippen LogP contribution >= 0.6 is 0 Å². The number of likely N-dealkylation sites (tertiary alicyclic amines) is 1. The zero-order chi connectivity index (χ0) is 22.0. The molecule has 162 valence electrons. The Morgan fingerprint density at radius 1 is 1.32 bits per heavy atom. The fraction of sp³-hybridized carbons (Fsp3) is 0.409. The average molecular weight is 422 g/mol. The van der Waals surface area contributed by atoms with E-state index in [1.165, 1.54) is 0 Å². The van der Waals surface area contributed by atoms with Crippen molar-refractivity contribution >= 4 is 23.9 Å². The van der Waals surface area contributed by atoms with Crippen molar-refractivity contribution in [2.75, 3.05) is 32.1 Å². The number of rotatable bonds is 2. The van der Waals surface area contributed by atoms with E-state index in [1.807, 2.05) is 13.0 Å². The van der Waals surface area contributed by atoms with Crippen molar-refractivity contribution in [1.82, 2.24) is 19.8 Å². The molecule has 9 nitrogen and oxygen atoms in total. The minimum atomic E-state index is -0.345. The van der Waals surface area contributed by atoms with E-state index < -0.39 is 0 Å². The molecule has 2 aromatic rings. The number of amidine groups is 1. The predicted octanol–water partition coefficient (Wildman–Crippen LogP) is 2.55. The maximum atomic E-state index is 13.1. The minimum Gasteiger partial charge on any atom is -0.477 e. The minimum absolute atomic E-state index is 0.0676. The number of pyridine rings is 2. The number of anilines is 1. The lowest BCUT2D eigenvalue weighted by atomic mass is 9.92. The second kappa shape index (κ2) is 8.81. The van der Waals surface area contributed by atoms with Crippen LogP contribution < -0.4 is 10.1 Å². The van der Waals surface area contributed by atoms with Gasteiger partial charge in [0.15, 0.2) is 5.84 Å². The molecule has 0 saturated carbocycles. The summed E-state index contributed by atoms with van der Waals surface area (Å²) in [6, 6.07) is 6.92. The third-order valence-corrected chi connectivity index (χ3v) is 5.76. The molecule has 4 heterocycles. The topological polar surface area (TPSA) is 118 Å². The van der Waals surface area contributed by atoms with Gasteiger partial charge in [-0.2, -0.15) is 0 Å². The third-order valence-electron chi connectivity index (χ3n) is 5.76. The summed E-state index contributed by atoms with van der Waals surface area (Å²) in [4.78, 5) is 25.8. The van der Waals surface area contributed by atoms with E-state index >= 15 is 0 Å². The first-order valence-electron chi connectivity index (χ1n) is 10.4. The molecule has 0 aliphatic carbocycles. The van der Waals surface area contributed by atoms with Crippen LogP contribution in [0.4, 0.5) is 5.82 Å². The van der Waals surface area contributed by atoms with Crippen LogP contribution in [0, 0.1) is 10.8 Å². The monoisotopic (exact) mass is 421 g/mol. The maximum Gasteiger partial charge on any atom is 0.262 e. The van der Waals surface area contributed by atoms with Gasteiger partial charge in [-0.25, -0.2) is 9.97 Å². The molecule has 2 aliphatic heterocycles. The van der Waals surface area contributed by atoms with E-state index in [0.717, 1.165) is 25.0 Å². The lowest BCUT2D eigenvalue weighted by molar-refractivity contribution is 0.102. The fourth-order valence-electron chi connectivity index (χ4n) is 3.93. The van der Waals surface area contributed by atoms with Crippen molar-refractivity contribution in [3.63, 3.8) is 0 Å². The van der Waals surface area contributed by atoms with E-state index in [9.17, 15) is 4.79 Å². The van der Waals surface area contributed by atoms with E-state index in [2.05, 4.69) is 27.2 Å². The van der Waals surface area contributed by atoms with Gasteiger partial charge in [0.05, 0.1) is 12.9 Å². The van der Waals surface area contributed by atoms with Crippen LogP contribution in [0.3, 0.4) is 0 Å². The summed E-state index contributed by atoms with van der Waals surface area (Å²) in [6.07, 6.45) is 4.35. The Labute approximate surface area is 181 Å². The van der Waals surface area contributed by atoms with Gasteiger partial charge in [-0.15, -0.1) is 0 Å². The summed E-state index contributed by atoms with van der Waals surface area (Å²) in [7, 11) is 2.07. The second-order valence-corrected chi connectivity index (χ2v) is 8.13. The normalized spacial score (nSPS) is 20.7. The van der Waals surface area contributed by atoms with Crippen molar-refractivity contribution in [3.05, 3.63) is 47.3 Å². The molecule has 9 heteroatoms. The third kappa shape index (κ3) is 4.41. The van der Waals surface area contributed by atoms with Crippen molar-refractivity contribution in [3.8, 4) is 5.88 Å². The lowest BCUT2D eigenvalue weighted by Crippen LogP contribution is -2.41. The van der Waals surface area contributed by atoms with Gasteiger partial charge < -0.3 is 19.9 Å². The fourth-order valence-corrected chi connectivity index (χ4v) is 3.93. The number of carbonyl (C=O) groups excluding carboxylic acids is 1. The first-order valence-corrected chi connectivity index (χ1v) is 10.4. The highest BCUT2D eigenvalue weighted by atomic mass is 16.5. The van der Waals surface area contributed by atoms with Gasteiger partial charge in [0, 0.05) is 31.2 Å². The molecule has 1 saturated heterocycles. The number of fused-ring (bicyclic) bond motifs is 3. The SMILES string of the molecule is C[C@H]1CCCOc2ncc(C3CN(C)C3)cc2C(=O)Nc2cccc(n2)C(=N)N1C=N. The van der Waals surface area contributed by atoms with Crippen molar-refractivity contribution in [2.24, 2.45) is 0 Å².